The van der Waals surface area contributed by atoms with Gasteiger partial charge in [0.25, 0.3) is 5.56 Å². The average Bonchev–Trinajstić information content (AvgIpc) is 2.78. The molecule has 1 atom stereocenters. The van der Waals surface area contributed by atoms with Crippen molar-refractivity contribution in [2.75, 3.05) is 18.4 Å². The molecule has 0 spiro atoms. The molecule has 1 amide bonds. The highest BCUT2D eigenvalue weighted by molar-refractivity contribution is 6.38. The van der Waals surface area contributed by atoms with Crippen molar-refractivity contribution in [1.82, 2.24) is 14.9 Å². The monoisotopic (exact) mass is 439 g/mol. The molecule has 1 aromatic heterocycles. The van der Waals surface area contributed by atoms with E-state index >= 15 is 0 Å². The van der Waals surface area contributed by atoms with Gasteiger partial charge in [-0.3, -0.25) is 29.8 Å². The largest absolute Gasteiger partial charge is 0.360 e. The van der Waals surface area contributed by atoms with Gasteiger partial charge in [0.05, 0.1) is 13.1 Å². The van der Waals surface area contributed by atoms with Crippen molar-refractivity contribution in [1.29, 1.82) is 5.41 Å². The van der Waals surface area contributed by atoms with Crippen LogP contribution in [-0.2, 0) is 16.0 Å². The first-order valence-electron chi connectivity index (χ1n) is 10.6. The molecular formula is C23H31N6O3+. The van der Waals surface area contributed by atoms with Gasteiger partial charge in [0.15, 0.2) is 17.3 Å². The highest BCUT2D eigenvalue weighted by Crippen LogP contribution is 2.10. The minimum atomic E-state index is -0.773. The Balaban J connectivity index is 1.92. The van der Waals surface area contributed by atoms with Crippen LogP contribution in [0.15, 0.2) is 47.5 Å². The van der Waals surface area contributed by atoms with E-state index in [9.17, 15) is 14.4 Å². The normalized spacial score (nSPS) is 11.4. The molecule has 0 fully saturated rings. The van der Waals surface area contributed by atoms with Gasteiger partial charge < -0.3 is 10.6 Å². The Kier molecular flexibility index (Phi) is 9.46. The molecule has 0 aliphatic heterocycles. The summed E-state index contributed by atoms with van der Waals surface area (Å²) in [6.45, 7) is 3.36. The van der Waals surface area contributed by atoms with Crippen LogP contribution in [0.2, 0.25) is 0 Å². The number of nitrogens with zero attached hydrogens (tertiary/aromatic N) is 2. The number of hydrogen-bond donors (Lipinski definition) is 4. The molecule has 32 heavy (non-hydrogen) atoms. The summed E-state index contributed by atoms with van der Waals surface area (Å²) in [5.74, 6) is -0.427. The molecule has 2 aromatic rings. The zero-order valence-corrected chi connectivity index (χ0v) is 18.6. The van der Waals surface area contributed by atoms with E-state index in [2.05, 4.69) is 15.6 Å². The second-order valence-corrected chi connectivity index (χ2v) is 7.52. The van der Waals surface area contributed by atoms with Gasteiger partial charge in [-0.05, 0) is 24.8 Å². The van der Waals surface area contributed by atoms with Crippen LogP contribution in [0.5, 0.6) is 0 Å². The lowest BCUT2D eigenvalue weighted by atomic mass is 10.1. The van der Waals surface area contributed by atoms with Crippen LogP contribution in [0.3, 0.4) is 0 Å². The Morgan fingerprint density at radius 1 is 1.22 bits per heavy atom. The quantitative estimate of drug-likeness (QED) is 0.337. The van der Waals surface area contributed by atoms with Crippen molar-refractivity contribution in [3.8, 4) is 0 Å². The lowest BCUT2D eigenvalue weighted by Crippen LogP contribution is -2.45. The van der Waals surface area contributed by atoms with E-state index in [0.717, 1.165) is 6.42 Å². The van der Waals surface area contributed by atoms with E-state index in [0.29, 0.717) is 25.0 Å². The first-order valence-corrected chi connectivity index (χ1v) is 10.6. The average molecular weight is 440 g/mol. The van der Waals surface area contributed by atoms with Crippen LogP contribution in [0.25, 0.3) is 0 Å². The summed E-state index contributed by atoms with van der Waals surface area (Å²) in [4.78, 5) is 41.6. The number of aryl methyl sites for hydroxylation is 1. The van der Waals surface area contributed by atoms with Crippen molar-refractivity contribution in [2.24, 2.45) is 0 Å². The number of nitrogens with two attached hydrogens (primary N) is 1. The van der Waals surface area contributed by atoms with E-state index < -0.39 is 17.5 Å². The number of amides is 1. The second kappa shape index (κ2) is 12.3. The minimum absolute atomic E-state index is 0.0294. The fourth-order valence-corrected chi connectivity index (χ4v) is 3.14. The molecule has 0 bridgehead atoms. The van der Waals surface area contributed by atoms with Gasteiger partial charge in [0.2, 0.25) is 5.91 Å². The number of benzene rings is 1. The maximum absolute atomic E-state index is 12.8. The number of carbonyl (C=O) groups excluding carboxylic acids is 2. The lowest BCUT2D eigenvalue weighted by Gasteiger charge is -2.18. The highest BCUT2D eigenvalue weighted by Gasteiger charge is 2.21. The molecular weight excluding hydrogens is 408 g/mol. The summed E-state index contributed by atoms with van der Waals surface area (Å²) in [6.07, 6.45) is 5.11. The van der Waals surface area contributed by atoms with Gasteiger partial charge in [-0.25, -0.2) is 4.98 Å². The molecule has 1 unspecified atom stereocenters. The fraction of sp³-hybridized carbons (Fsp3) is 0.391. The molecule has 0 saturated carbocycles. The predicted octanol–water partition coefficient (Wildman–Crippen LogP) is 0.554. The van der Waals surface area contributed by atoms with Crippen LogP contribution >= 0.6 is 0 Å². The summed E-state index contributed by atoms with van der Waals surface area (Å²) in [5, 5.41) is 18.7. The molecule has 0 aliphatic carbocycles. The molecule has 2 rings (SSSR count). The Bertz CT molecular complexity index is 1020. The topological polar surface area (TPSA) is 143 Å². The van der Waals surface area contributed by atoms with Gasteiger partial charge in [-0.2, -0.15) is 0 Å². The minimum Gasteiger partial charge on any atom is -0.360 e. The highest BCUT2D eigenvalue weighted by atomic mass is 16.2. The summed E-state index contributed by atoms with van der Waals surface area (Å²) >= 11 is 0. The summed E-state index contributed by atoms with van der Waals surface area (Å²) in [7, 11) is 0. The second-order valence-electron chi connectivity index (χ2n) is 7.52. The van der Waals surface area contributed by atoms with Crippen molar-refractivity contribution in [2.45, 2.75) is 45.6 Å². The lowest BCUT2D eigenvalue weighted by molar-refractivity contribution is -0.127. The molecule has 9 heteroatoms. The van der Waals surface area contributed by atoms with E-state index in [1.54, 1.807) is 13.8 Å². The first kappa shape index (κ1) is 24.6. The van der Waals surface area contributed by atoms with Gasteiger partial charge in [-0.15, -0.1) is 0 Å². The Hall–Kier alpha value is -3.62. The molecule has 170 valence electrons. The zero-order chi connectivity index (χ0) is 23.5. The van der Waals surface area contributed by atoms with Crippen molar-refractivity contribution in [3.63, 3.8) is 0 Å². The van der Waals surface area contributed by atoms with E-state index in [4.69, 9.17) is 10.8 Å². The van der Waals surface area contributed by atoms with E-state index in [1.165, 1.54) is 22.5 Å². The Morgan fingerprint density at radius 3 is 2.59 bits per heavy atom. The maximum Gasteiger partial charge on any atom is 0.294 e. The SMILES string of the molecule is CCC(C(=O)NCC(=O)CCCc1ccccc1)n1ccnc(NCC(=N)C(C)=[NH2+])c1=O. The number of Topliss-reactive ketones (excluding diaryl/α,β-unsaturated/α-hetero) is 1. The first-order chi connectivity index (χ1) is 15.3. The van der Waals surface area contributed by atoms with Gasteiger partial charge >= 0.3 is 0 Å². The van der Waals surface area contributed by atoms with Crippen LogP contribution in [0, 0.1) is 5.41 Å². The maximum atomic E-state index is 12.8. The van der Waals surface area contributed by atoms with E-state index in [1.807, 2.05) is 30.3 Å². The molecule has 0 saturated heterocycles. The van der Waals surface area contributed by atoms with Crippen molar-refractivity contribution >= 4 is 28.9 Å². The number of aromatic nitrogens is 2. The molecule has 0 radical (unpaired) electrons. The van der Waals surface area contributed by atoms with Gasteiger partial charge in [-0.1, -0.05) is 37.3 Å². The third kappa shape index (κ3) is 7.26. The van der Waals surface area contributed by atoms with Crippen LogP contribution in [-0.4, -0.2) is 45.8 Å². The molecule has 0 aliphatic rings. The molecule has 1 heterocycles. The third-order valence-electron chi connectivity index (χ3n) is 5.03. The number of ketones is 1. The van der Waals surface area contributed by atoms with Gasteiger partial charge in [0.1, 0.15) is 11.8 Å². The van der Waals surface area contributed by atoms with Crippen LogP contribution in [0.1, 0.15) is 44.7 Å². The molecule has 5 N–H and O–H groups in total. The third-order valence-corrected chi connectivity index (χ3v) is 5.03. The smallest absolute Gasteiger partial charge is 0.294 e. The Morgan fingerprint density at radius 2 is 1.94 bits per heavy atom. The standard InChI is InChI=1S/C23H30N6O3/c1-3-20(29-13-12-26-21(23(29)32)27-15-19(25)16(2)24)22(31)28-14-18(30)11-7-10-17-8-5-4-6-9-17/h4-6,8-9,12-13,20,24-25H,3,7,10-11,14-15H2,1-2H3,(H,26,27)(H,28,31)/p+1. The summed E-state index contributed by atoms with van der Waals surface area (Å²) < 4.78 is 1.28. The summed E-state index contributed by atoms with van der Waals surface area (Å²) in [6, 6.07) is 9.15. The predicted molar refractivity (Wildman–Crippen MR) is 124 cm³/mol. The summed E-state index contributed by atoms with van der Waals surface area (Å²) in [5.41, 5.74) is 1.18. The van der Waals surface area contributed by atoms with E-state index in [-0.39, 0.29) is 30.4 Å². The number of hydrogen-bond acceptors (Lipinski definition) is 6. The van der Waals surface area contributed by atoms with Crippen molar-refractivity contribution in [3.05, 3.63) is 58.6 Å². The number of rotatable bonds is 13. The van der Waals surface area contributed by atoms with Gasteiger partial charge in [0, 0.05) is 25.7 Å². The Labute approximate surface area is 187 Å². The molecule has 9 nitrogen and oxygen atoms in total. The van der Waals surface area contributed by atoms with Crippen LogP contribution < -0.4 is 21.6 Å². The fourth-order valence-electron chi connectivity index (χ4n) is 3.14. The number of anilines is 1. The molecule has 1 aromatic carbocycles. The van der Waals surface area contributed by atoms with Crippen molar-refractivity contribution < 1.29 is 15.0 Å². The number of nitrogens with one attached hydrogen (secondary N) is 3. The number of carbonyl (C=O) groups is 2. The zero-order valence-electron chi connectivity index (χ0n) is 18.6. The van der Waals surface area contributed by atoms with Crippen LogP contribution in [0.4, 0.5) is 5.82 Å².